The molecule has 1 aliphatic rings. The van der Waals surface area contributed by atoms with Crippen LogP contribution in [0, 0.1) is 0 Å². The van der Waals surface area contributed by atoms with E-state index in [1.54, 1.807) is 24.0 Å². The largest absolute Gasteiger partial charge is 0.392 e. The molecule has 1 aromatic rings. The molecule has 6 nitrogen and oxygen atoms in total. The number of aryl methyl sites for hydroxylation is 1. The van der Waals surface area contributed by atoms with Gasteiger partial charge in [-0.25, -0.2) is 4.98 Å². The van der Waals surface area contributed by atoms with E-state index in [2.05, 4.69) is 9.88 Å². The standard InChI is InChI=1S/C12H19N5OS/c1-9(10(13)19)16-5-7-17(8-6-16)11-12(18)15(2)4-3-14-11/h3-4,9H,5-8H2,1-2H3,(H2,13,19). The van der Waals surface area contributed by atoms with Crippen LogP contribution in [0.1, 0.15) is 6.92 Å². The molecular formula is C12H19N5OS. The van der Waals surface area contributed by atoms with Crippen LogP contribution in [-0.4, -0.2) is 51.7 Å². The van der Waals surface area contributed by atoms with Crippen molar-refractivity contribution in [1.82, 2.24) is 14.5 Å². The van der Waals surface area contributed by atoms with Crippen LogP contribution in [0.15, 0.2) is 17.2 Å². The van der Waals surface area contributed by atoms with Crippen molar-refractivity contribution in [3.63, 3.8) is 0 Å². The summed E-state index contributed by atoms with van der Waals surface area (Å²) in [6, 6.07) is 0.101. The van der Waals surface area contributed by atoms with E-state index in [1.807, 2.05) is 11.8 Å². The molecule has 1 aliphatic heterocycles. The van der Waals surface area contributed by atoms with Gasteiger partial charge in [-0.1, -0.05) is 12.2 Å². The fourth-order valence-electron chi connectivity index (χ4n) is 2.20. The Morgan fingerprint density at radius 3 is 2.63 bits per heavy atom. The molecule has 0 aromatic carbocycles. The lowest BCUT2D eigenvalue weighted by atomic mass is 10.2. The first-order chi connectivity index (χ1) is 9.00. The Labute approximate surface area is 117 Å². The van der Waals surface area contributed by atoms with Crippen molar-refractivity contribution in [2.75, 3.05) is 31.1 Å². The van der Waals surface area contributed by atoms with Crippen LogP contribution in [0.5, 0.6) is 0 Å². The van der Waals surface area contributed by atoms with Gasteiger partial charge in [-0.05, 0) is 6.92 Å². The molecular weight excluding hydrogens is 262 g/mol. The summed E-state index contributed by atoms with van der Waals surface area (Å²) >= 11 is 5.02. The number of hydrogen-bond acceptors (Lipinski definition) is 5. The summed E-state index contributed by atoms with van der Waals surface area (Å²) in [4.78, 5) is 21.0. The van der Waals surface area contributed by atoms with Crippen LogP contribution in [0.2, 0.25) is 0 Å². The highest BCUT2D eigenvalue weighted by molar-refractivity contribution is 7.80. The van der Waals surface area contributed by atoms with E-state index in [0.717, 1.165) is 26.2 Å². The minimum absolute atomic E-state index is 0.0571. The quantitative estimate of drug-likeness (QED) is 0.759. The average molecular weight is 281 g/mol. The number of aromatic nitrogens is 2. The minimum atomic E-state index is -0.0571. The number of hydrogen-bond donors (Lipinski definition) is 1. The number of piperazine rings is 1. The second kappa shape index (κ2) is 5.66. The highest BCUT2D eigenvalue weighted by Gasteiger charge is 2.24. The maximum Gasteiger partial charge on any atom is 0.293 e. The Morgan fingerprint density at radius 1 is 1.42 bits per heavy atom. The van der Waals surface area contributed by atoms with Gasteiger partial charge in [0.15, 0.2) is 5.82 Å². The number of thiocarbonyl (C=S) groups is 1. The molecule has 2 N–H and O–H groups in total. The summed E-state index contributed by atoms with van der Waals surface area (Å²) in [5, 5.41) is 0. The van der Waals surface area contributed by atoms with Crippen LogP contribution in [0.25, 0.3) is 0 Å². The first kappa shape index (κ1) is 14.0. The normalized spacial score (nSPS) is 18.3. The molecule has 1 saturated heterocycles. The van der Waals surface area contributed by atoms with Crippen molar-refractivity contribution in [3.8, 4) is 0 Å². The lowest BCUT2D eigenvalue weighted by molar-refractivity contribution is 0.238. The van der Waals surface area contributed by atoms with E-state index in [0.29, 0.717) is 10.8 Å². The molecule has 1 unspecified atom stereocenters. The fourth-order valence-corrected chi connectivity index (χ4v) is 2.35. The number of rotatable bonds is 3. The third-order valence-corrected chi connectivity index (χ3v) is 3.91. The van der Waals surface area contributed by atoms with Crippen LogP contribution in [0.4, 0.5) is 5.82 Å². The molecule has 0 spiro atoms. The Balaban J connectivity index is 2.06. The Hall–Kier alpha value is -1.47. The molecule has 0 radical (unpaired) electrons. The van der Waals surface area contributed by atoms with Crippen molar-refractivity contribution in [1.29, 1.82) is 0 Å². The molecule has 19 heavy (non-hydrogen) atoms. The monoisotopic (exact) mass is 281 g/mol. The van der Waals surface area contributed by atoms with Gasteiger partial charge in [0.2, 0.25) is 0 Å². The highest BCUT2D eigenvalue weighted by atomic mass is 32.1. The van der Waals surface area contributed by atoms with Gasteiger partial charge in [0.1, 0.15) is 0 Å². The van der Waals surface area contributed by atoms with Gasteiger partial charge in [-0.15, -0.1) is 0 Å². The number of anilines is 1. The molecule has 7 heteroatoms. The third kappa shape index (κ3) is 2.93. The summed E-state index contributed by atoms with van der Waals surface area (Å²) in [6.45, 7) is 5.20. The first-order valence-electron chi connectivity index (χ1n) is 6.30. The van der Waals surface area contributed by atoms with E-state index in [1.165, 1.54) is 0 Å². The van der Waals surface area contributed by atoms with E-state index in [4.69, 9.17) is 18.0 Å². The lowest BCUT2D eigenvalue weighted by Gasteiger charge is -2.37. The van der Waals surface area contributed by atoms with Gasteiger partial charge in [0, 0.05) is 45.6 Å². The summed E-state index contributed by atoms with van der Waals surface area (Å²) in [5.74, 6) is 0.521. The van der Waals surface area contributed by atoms with Crippen LogP contribution in [0.3, 0.4) is 0 Å². The fraction of sp³-hybridized carbons (Fsp3) is 0.583. The summed E-state index contributed by atoms with van der Waals surface area (Å²) < 4.78 is 1.55. The number of nitrogens with zero attached hydrogens (tertiary/aromatic N) is 4. The predicted octanol–water partition coefficient (Wildman–Crippen LogP) is -0.423. The van der Waals surface area contributed by atoms with E-state index in [9.17, 15) is 4.79 Å². The molecule has 1 aromatic heterocycles. The molecule has 1 atom stereocenters. The molecule has 0 aliphatic carbocycles. The van der Waals surface area contributed by atoms with Crippen molar-refractivity contribution in [2.45, 2.75) is 13.0 Å². The van der Waals surface area contributed by atoms with Gasteiger partial charge in [-0.2, -0.15) is 0 Å². The molecule has 1 fully saturated rings. The second-order valence-corrected chi connectivity index (χ2v) is 5.24. The maximum absolute atomic E-state index is 12.0. The SMILES string of the molecule is CC(C(N)=S)N1CCN(c2nccn(C)c2=O)CC1. The Morgan fingerprint density at radius 2 is 2.05 bits per heavy atom. The van der Waals surface area contributed by atoms with E-state index < -0.39 is 0 Å². The van der Waals surface area contributed by atoms with Gasteiger partial charge in [-0.3, -0.25) is 9.69 Å². The smallest absolute Gasteiger partial charge is 0.293 e. The molecule has 2 rings (SSSR count). The van der Waals surface area contributed by atoms with Crippen molar-refractivity contribution < 1.29 is 0 Å². The van der Waals surface area contributed by atoms with Crippen LogP contribution < -0.4 is 16.2 Å². The lowest BCUT2D eigenvalue weighted by Crippen LogP contribution is -2.53. The van der Waals surface area contributed by atoms with Gasteiger partial charge in [0.05, 0.1) is 11.0 Å². The highest BCUT2D eigenvalue weighted by Crippen LogP contribution is 2.11. The average Bonchev–Trinajstić information content (AvgIpc) is 2.41. The van der Waals surface area contributed by atoms with Crippen LogP contribution >= 0.6 is 12.2 Å². The summed E-state index contributed by atoms with van der Waals surface area (Å²) in [6.07, 6.45) is 3.32. The zero-order chi connectivity index (χ0) is 14.0. The number of nitrogens with two attached hydrogens (primary N) is 1. The summed E-state index contributed by atoms with van der Waals surface area (Å²) in [5.41, 5.74) is 5.61. The van der Waals surface area contributed by atoms with Crippen LogP contribution in [-0.2, 0) is 7.05 Å². The maximum atomic E-state index is 12.0. The molecule has 0 bridgehead atoms. The second-order valence-electron chi connectivity index (χ2n) is 4.77. The van der Waals surface area contributed by atoms with Crippen molar-refractivity contribution in [2.24, 2.45) is 12.8 Å². The first-order valence-corrected chi connectivity index (χ1v) is 6.71. The predicted molar refractivity (Wildman–Crippen MR) is 79.5 cm³/mol. The van der Waals surface area contributed by atoms with Gasteiger partial charge >= 0.3 is 0 Å². The van der Waals surface area contributed by atoms with E-state index >= 15 is 0 Å². The zero-order valence-corrected chi connectivity index (χ0v) is 12.1. The molecule has 0 saturated carbocycles. The third-order valence-electron chi connectivity index (χ3n) is 3.57. The molecule has 2 heterocycles. The summed E-state index contributed by atoms with van der Waals surface area (Å²) in [7, 11) is 1.73. The van der Waals surface area contributed by atoms with Crippen molar-refractivity contribution in [3.05, 3.63) is 22.7 Å². The topological polar surface area (TPSA) is 67.4 Å². The van der Waals surface area contributed by atoms with E-state index in [-0.39, 0.29) is 11.6 Å². The Bertz CT molecular complexity index is 521. The molecule has 104 valence electrons. The van der Waals surface area contributed by atoms with Crippen molar-refractivity contribution >= 4 is 23.0 Å². The zero-order valence-electron chi connectivity index (χ0n) is 11.2. The van der Waals surface area contributed by atoms with Gasteiger partial charge in [0.25, 0.3) is 5.56 Å². The molecule has 0 amide bonds. The minimum Gasteiger partial charge on any atom is -0.392 e. The van der Waals surface area contributed by atoms with Gasteiger partial charge < -0.3 is 15.2 Å². The Kier molecular flexibility index (Phi) is 4.16.